The van der Waals surface area contributed by atoms with E-state index in [1.807, 2.05) is 0 Å². The van der Waals surface area contributed by atoms with E-state index in [4.69, 9.17) is 17.3 Å². The molecule has 8 heavy (non-hydrogen) atoms. The minimum Gasteiger partial charge on any atom is -0.465 e. The van der Waals surface area contributed by atoms with E-state index in [2.05, 4.69) is 23.5 Å². The lowest BCUT2D eigenvalue weighted by Crippen LogP contribution is -2.12. The molecule has 46 valence electrons. The third-order valence-corrected chi connectivity index (χ3v) is 0.598. The molecule has 2 nitrogen and oxygen atoms in total. The van der Waals surface area contributed by atoms with E-state index in [1.165, 1.54) is 0 Å². The van der Waals surface area contributed by atoms with E-state index >= 15 is 0 Å². The van der Waals surface area contributed by atoms with E-state index in [0.717, 1.165) is 0 Å². The lowest BCUT2D eigenvalue weighted by Gasteiger charge is -1.98. The molecule has 0 fully saturated rings. The van der Waals surface area contributed by atoms with Crippen LogP contribution in [0.4, 0.5) is 0 Å². The minimum absolute atomic E-state index is 0.00759. The summed E-state index contributed by atoms with van der Waals surface area (Å²) in [6, 6.07) is 0. The summed E-state index contributed by atoms with van der Waals surface area (Å²) >= 11 is 9.66. The maximum atomic E-state index is 5.29. The van der Waals surface area contributed by atoms with E-state index in [9.17, 15) is 0 Å². The summed E-state index contributed by atoms with van der Waals surface area (Å²) in [4.78, 5) is 0. The fourth-order valence-electron chi connectivity index (χ4n) is 0.149. The van der Waals surface area contributed by atoms with Gasteiger partial charge in [0.25, 0.3) is 5.17 Å². The molecule has 0 aliphatic rings. The second-order valence-electron chi connectivity index (χ2n) is 1.12. The van der Waals surface area contributed by atoms with Crippen molar-refractivity contribution >= 4 is 29.0 Å². The average Bonchev–Trinajstić information content (AvgIpc) is 1.61. The highest BCUT2D eigenvalue weighted by atomic mass is 35.5. The molecule has 0 bridgehead atoms. The van der Waals surface area contributed by atoms with Gasteiger partial charge in [0.1, 0.15) is 6.61 Å². The zero-order chi connectivity index (χ0) is 6.57. The van der Waals surface area contributed by atoms with Crippen molar-refractivity contribution in [3.63, 3.8) is 0 Å². The van der Waals surface area contributed by atoms with Crippen molar-refractivity contribution in [2.45, 2.75) is 0 Å². The fraction of sp³-hybridized carbons (Fsp3) is 0.250. The molecule has 0 unspecified atom stereocenters. The molecule has 0 aliphatic heterocycles. The molecule has 0 rings (SSSR count). The first kappa shape index (κ1) is 7.72. The van der Waals surface area contributed by atoms with Gasteiger partial charge in [-0.1, -0.05) is 18.2 Å². The number of nitrogens with two attached hydrogens (primary N) is 1. The van der Waals surface area contributed by atoms with Gasteiger partial charge in [0.15, 0.2) is 0 Å². The van der Waals surface area contributed by atoms with Crippen LogP contribution in [0.25, 0.3) is 0 Å². The Balaban J connectivity index is 3.18. The first-order valence-electron chi connectivity index (χ1n) is 1.88. The quantitative estimate of drug-likeness (QED) is 0.598. The molecule has 0 heterocycles. The van der Waals surface area contributed by atoms with Crippen LogP contribution in [0.1, 0.15) is 0 Å². The van der Waals surface area contributed by atoms with Crippen molar-refractivity contribution in [2.24, 2.45) is 5.73 Å². The predicted molar refractivity (Wildman–Crippen MR) is 37.7 cm³/mol. The van der Waals surface area contributed by atoms with Crippen LogP contribution in [0.3, 0.4) is 0 Å². The van der Waals surface area contributed by atoms with Crippen LogP contribution in [0.15, 0.2) is 11.6 Å². The first-order valence-corrected chi connectivity index (χ1v) is 2.67. The fourth-order valence-corrected chi connectivity index (χ4v) is 0.263. The topological polar surface area (TPSA) is 35.2 Å². The second kappa shape index (κ2) is 3.69. The van der Waals surface area contributed by atoms with E-state index in [-0.39, 0.29) is 11.8 Å². The monoisotopic (exact) mass is 151 g/mol. The number of hydrogen-bond donors (Lipinski definition) is 1. The molecule has 2 N–H and O–H groups in total. The minimum atomic E-state index is -0.00759. The summed E-state index contributed by atoms with van der Waals surface area (Å²) in [5, 5.41) is 0.379. The molecular weight excluding hydrogens is 146 g/mol. The normalized spacial score (nSPS) is 8.12. The van der Waals surface area contributed by atoms with Gasteiger partial charge in [-0.3, -0.25) is 0 Å². The molecule has 0 saturated carbocycles. The highest BCUT2D eigenvalue weighted by molar-refractivity contribution is 7.80. The van der Waals surface area contributed by atoms with Gasteiger partial charge >= 0.3 is 0 Å². The molecule has 0 radical (unpaired) electrons. The number of ether oxygens (including phenoxy) is 1. The summed E-state index contributed by atoms with van der Waals surface area (Å²) in [5.41, 5.74) is 4.95. The Hall–Kier alpha value is -0.280. The SMILES string of the molecule is C=C(Cl)COC(N)=S. The number of hydrogen-bond acceptors (Lipinski definition) is 2. The van der Waals surface area contributed by atoms with Gasteiger partial charge < -0.3 is 10.5 Å². The molecule has 0 aromatic rings. The Bertz CT molecular complexity index is 101. The van der Waals surface area contributed by atoms with Gasteiger partial charge in [0.2, 0.25) is 0 Å². The van der Waals surface area contributed by atoms with Crippen LogP contribution in [0, 0.1) is 0 Å². The van der Waals surface area contributed by atoms with Gasteiger partial charge in [0.05, 0.1) is 0 Å². The highest BCUT2D eigenvalue weighted by Crippen LogP contribution is 1.95. The van der Waals surface area contributed by atoms with Gasteiger partial charge in [0, 0.05) is 5.03 Å². The van der Waals surface area contributed by atoms with Crippen molar-refractivity contribution in [2.75, 3.05) is 6.61 Å². The molecule has 0 spiro atoms. The summed E-state index contributed by atoms with van der Waals surface area (Å²) in [6.07, 6.45) is 0. The summed E-state index contributed by atoms with van der Waals surface area (Å²) < 4.78 is 4.58. The molecule has 0 aromatic heterocycles. The lowest BCUT2D eigenvalue weighted by molar-refractivity contribution is 0.351. The second-order valence-corrected chi connectivity index (χ2v) is 2.06. The van der Waals surface area contributed by atoms with E-state index in [1.54, 1.807) is 0 Å². The van der Waals surface area contributed by atoms with Crippen molar-refractivity contribution in [3.05, 3.63) is 11.6 Å². The molecule has 0 atom stereocenters. The Labute approximate surface area is 58.3 Å². The van der Waals surface area contributed by atoms with Crippen LogP contribution in [-0.2, 0) is 4.74 Å². The maximum absolute atomic E-state index is 5.29. The smallest absolute Gasteiger partial charge is 0.254 e. The molecule has 4 heteroatoms. The van der Waals surface area contributed by atoms with Crippen LogP contribution < -0.4 is 5.73 Å². The summed E-state index contributed by atoms with van der Waals surface area (Å²) in [6.45, 7) is 3.54. The molecule has 0 aromatic carbocycles. The van der Waals surface area contributed by atoms with Gasteiger partial charge in [-0.2, -0.15) is 0 Å². The van der Waals surface area contributed by atoms with Crippen LogP contribution >= 0.6 is 23.8 Å². The Kier molecular flexibility index (Phi) is 3.56. The third-order valence-electron chi connectivity index (χ3n) is 0.371. The largest absolute Gasteiger partial charge is 0.465 e. The zero-order valence-corrected chi connectivity index (χ0v) is 5.76. The number of rotatable bonds is 2. The molecule has 0 amide bonds. The number of halogens is 1. The standard InChI is InChI=1S/C4H6ClNOS/c1-3(5)2-7-4(6)8/h1-2H2,(H2,6,8). The predicted octanol–water partition coefficient (Wildman–Crippen LogP) is 0.999. The van der Waals surface area contributed by atoms with Crippen molar-refractivity contribution < 1.29 is 4.74 Å². The zero-order valence-electron chi connectivity index (χ0n) is 4.19. The highest BCUT2D eigenvalue weighted by Gasteiger charge is 1.88. The van der Waals surface area contributed by atoms with Crippen LogP contribution in [-0.4, -0.2) is 11.8 Å². The van der Waals surface area contributed by atoms with Gasteiger partial charge in [-0.25, -0.2) is 0 Å². The molecular formula is C4H6ClNOS. The first-order chi connectivity index (χ1) is 3.63. The molecule has 0 aliphatic carbocycles. The Morgan fingerprint density at radius 3 is 2.50 bits per heavy atom. The summed E-state index contributed by atoms with van der Waals surface area (Å²) in [7, 11) is 0. The Morgan fingerprint density at radius 2 is 2.38 bits per heavy atom. The van der Waals surface area contributed by atoms with E-state index < -0.39 is 0 Å². The van der Waals surface area contributed by atoms with E-state index in [0.29, 0.717) is 5.03 Å². The lowest BCUT2D eigenvalue weighted by atomic mass is 10.7. The van der Waals surface area contributed by atoms with Crippen molar-refractivity contribution in [1.82, 2.24) is 0 Å². The van der Waals surface area contributed by atoms with Crippen LogP contribution in [0.2, 0.25) is 0 Å². The van der Waals surface area contributed by atoms with Crippen molar-refractivity contribution in [3.8, 4) is 0 Å². The number of thiocarbonyl (C=S) groups is 1. The molecule has 0 saturated heterocycles. The third kappa shape index (κ3) is 5.72. The van der Waals surface area contributed by atoms with Crippen molar-refractivity contribution in [1.29, 1.82) is 0 Å². The van der Waals surface area contributed by atoms with Crippen LogP contribution in [0.5, 0.6) is 0 Å². The summed E-state index contributed by atoms with van der Waals surface area (Å²) in [5.74, 6) is 0. The van der Waals surface area contributed by atoms with Gasteiger partial charge in [-0.05, 0) is 12.2 Å². The average molecular weight is 152 g/mol. The van der Waals surface area contributed by atoms with Gasteiger partial charge in [-0.15, -0.1) is 0 Å². The Morgan fingerprint density at radius 1 is 1.88 bits per heavy atom. The maximum Gasteiger partial charge on any atom is 0.254 e.